The molecule has 0 fully saturated rings. The summed E-state index contributed by atoms with van der Waals surface area (Å²) in [4.78, 5) is 13.0. The minimum Gasteiger partial charge on any atom is -0.497 e. The molecule has 168 valence electrons. The average Bonchev–Trinajstić information content (AvgIpc) is 3.21. The van der Waals surface area contributed by atoms with Gasteiger partial charge in [-0.2, -0.15) is 0 Å². The van der Waals surface area contributed by atoms with E-state index in [2.05, 4.69) is 10.4 Å². The largest absolute Gasteiger partial charge is 0.497 e. The van der Waals surface area contributed by atoms with E-state index < -0.39 is 15.9 Å². The predicted octanol–water partition coefficient (Wildman–Crippen LogP) is 3.03. The number of benzene rings is 3. The van der Waals surface area contributed by atoms with E-state index in [0.29, 0.717) is 28.3 Å². The first-order valence-corrected chi connectivity index (χ1v) is 11.3. The molecule has 1 heterocycles. The molecule has 4 aromatic rings. The highest BCUT2D eigenvalue weighted by atomic mass is 32.2. The van der Waals surface area contributed by atoms with E-state index in [1.807, 2.05) is 0 Å². The molecule has 4 rings (SSSR count). The van der Waals surface area contributed by atoms with Gasteiger partial charge in [-0.1, -0.05) is 30.3 Å². The molecule has 0 aliphatic heterocycles. The zero-order valence-electron chi connectivity index (χ0n) is 17.6. The van der Waals surface area contributed by atoms with E-state index in [4.69, 9.17) is 15.6 Å². The number of ether oxygens (including phenoxy) is 1. The third-order valence-corrected chi connectivity index (χ3v) is 5.89. The second-order valence-corrected chi connectivity index (χ2v) is 8.67. The molecule has 0 bridgehead atoms. The van der Waals surface area contributed by atoms with Crippen LogP contribution in [0.25, 0.3) is 16.8 Å². The number of carbonyl (C=O) groups is 1. The Hall–Kier alpha value is -4.15. The molecular weight excluding hydrogens is 442 g/mol. The maximum absolute atomic E-state index is 12.9. The molecule has 9 nitrogen and oxygen atoms in total. The van der Waals surface area contributed by atoms with Crippen LogP contribution >= 0.6 is 0 Å². The number of anilines is 2. The number of aromatic nitrogens is 2. The van der Waals surface area contributed by atoms with Gasteiger partial charge < -0.3 is 15.8 Å². The Morgan fingerprint density at radius 2 is 1.67 bits per heavy atom. The van der Waals surface area contributed by atoms with E-state index >= 15 is 0 Å². The zero-order chi connectivity index (χ0) is 23.6. The van der Waals surface area contributed by atoms with Crippen molar-refractivity contribution in [1.82, 2.24) is 9.78 Å². The van der Waals surface area contributed by atoms with Crippen molar-refractivity contribution in [3.8, 4) is 22.6 Å². The van der Waals surface area contributed by atoms with Gasteiger partial charge in [-0.15, -0.1) is 5.10 Å². The van der Waals surface area contributed by atoms with Crippen molar-refractivity contribution in [1.29, 1.82) is 0 Å². The van der Waals surface area contributed by atoms with Crippen molar-refractivity contribution < 1.29 is 17.9 Å². The molecule has 3 aromatic carbocycles. The highest BCUT2D eigenvalue weighted by Crippen LogP contribution is 2.28. The lowest BCUT2D eigenvalue weighted by Gasteiger charge is -2.11. The average molecular weight is 464 g/mol. The maximum atomic E-state index is 12.9. The second-order valence-electron chi connectivity index (χ2n) is 7.14. The summed E-state index contributed by atoms with van der Waals surface area (Å²) < 4.78 is 30.4. The smallest absolute Gasteiger partial charge is 0.274 e. The van der Waals surface area contributed by atoms with Gasteiger partial charge in [0.15, 0.2) is 0 Å². The van der Waals surface area contributed by atoms with Crippen LogP contribution in [0.3, 0.4) is 0 Å². The molecule has 0 saturated heterocycles. The molecular formula is C23H21N5O4S. The van der Waals surface area contributed by atoms with Gasteiger partial charge in [-0.05, 0) is 48.0 Å². The number of hydrogen-bond donors (Lipinski definition) is 3. The van der Waals surface area contributed by atoms with E-state index in [9.17, 15) is 13.2 Å². The van der Waals surface area contributed by atoms with Crippen LogP contribution in [-0.4, -0.2) is 31.2 Å². The molecule has 33 heavy (non-hydrogen) atoms. The van der Waals surface area contributed by atoms with E-state index in [1.165, 1.54) is 16.8 Å². The van der Waals surface area contributed by atoms with Crippen LogP contribution in [0, 0.1) is 0 Å². The normalized spacial score (nSPS) is 11.2. The van der Waals surface area contributed by atoms with Gasteiger partial charge in [0.25, 0.3) is 5.91 Å². The summed E-state index contributed by atoms with van der Waals surface area (Å²) in [5.41, 5.74) is 8.37. The van der Waals surface area contributed by atoms with Crippen LogP contribution in [0.2, 0.25) is 0 Å². The first kappa shape index (κ1) is 22.1. The number of amides is 1. The molecule has 1 amide bonds. The number of sulfonamides is 1. The second kappa shape index (κ2) is 8.77. The summed E-state index contributed by atoms with van der Waals surface area (Å²) in [5.74, 6) is 0.465. The Morgan fingerprint density at radius 3 is 2.30 bits per heavy atom. The van der Waals surface area contributed by atoms with Crippen LogP contribution in [0.4, 0.5) is 11.5 Å². The molecule has 0 unspecified atom stereocenters. The molecule has 1 aromatic heterocycles. The summed E-state index contributed by atoms with van der Waals surface area (Å²) in [5, 5.41) is 12.3. The van der Waals surface area contributed by atoms with E-state index in [0.717, 1.165) is 0 Å². The van der Waals surface area contributed by atoms with Crippen molar-refractivity contribution in [3.63, 3.8) is 0 Å². The van der Waals surface area contributed by atoms with Crippen molar-refractivity contribution >= 4 is 27.4 Å². The number of carbonyl (C=O) groups excluding carboxylic acids is 1. The van der Waals surface area contributed by atoms with Crippen LogP contribution in [0.15, 0.2) is 83.8 Å². The van der Waals surface area contributed by atoms with Crippen molar-refractivity contribution in [2.24, 2.45) is 5.14 Å². The van der Waals surface area contributed by atoms with Crippen LogP contribution in [0.5, 0.6) is 5.75 Å². The summed E-state index contributed by atoms with van der Waals surface area (Å²) in [7, 11) is -2.31. The fraction of sp³-hybridized carbons (Fsp3) is 0.0435. The minimum atomic E-state index is -3.88. The highest BCUT2D eigenvalue weighted by molar-refractivity contribution is 7.89. The highest BCUT2D eigenvalue weighted by Gasteiger charge is 2.17. The Balaban J connectivity index is 1.59. The molecule has 0 saturated carbocycles. The van der Waals surface area contributed by atoms with Gasteiger partial charge in [-0.3, -0.25) is 4.79 Å². The Bertz CT molecular complexity index is 1410. The van der Waals surface area contributed by atoms with Crippen molar-refractivity contribution in [2.75, 3.05) is 18.2 Å². The fourth-order valence-corrected chi connectivity index (χ4v) is 4.12. The van der Waals surface area contributed by atoms with Gasteiger partial charge in [0.1, 0.15) is 17.3 Å². The monoisotopic (exact) mass is 463 g/mol. The Morgan fingerprint density at radius 1 is 1.00 bits per heavy atom. The lowest BCUT2D eigenvalue weighted by Crippen LogP contribution is -2.17. The Kier molecular flexibility index (Phi) is 5.86. The van der Waals surface area contributed by atoms with Crippen molar-refractivity contribution in [2.45, 2.75) is 4.90 Å². The van der Waals surface area contributed by atoms with Gasteiger partial charge >= 0.3 is 0 Å². The Labute approximate surface area is 190 Å². The zero-order valence-corrected chi connectivity index (χ0v) is 18.4. The third-order valence-electron chi connectivity index (χ3n) is 4.93. The number of hydrogen-bond acceptors (Lipinski definition) is 6. The van der Waals surface area contributed by atoms with Crippen LogP contribution in [0.1, 0.15) is 10.5 Å². The van der Waals surface area contributed by atoms with E-state index in [1.54, 1.807) is 73.8 Å². The van der Waals surface area contributed by atoms with Crippen LogP contribution in [-0.2, 0) is 10.0 Å². The predicted molar refractivity (Wildman–Crippen MR) is 126 cm³/mol. The molecule has 0 radical (unpaired) electrons. The summed E-state index contributed by atoms with van der Waals surface area (Å²) in [6, 6.07) is 21.7. The molecule has 5 N–H and O–H groups in total. The SMILES string of the molecule is COc1ccc(-n2nc(N)cc2C(=O)Nc2ccc(-c3ccccc3S(N)(=O)=O)cc2)cc1. The first-order chi connectivity index (χ1) is 15.8. The molecule has 0 spiro atoms. The summed E-state index contributed by atoms with van der Waals surface area (Å²) in [6.45, 7) is 0. The number of primary sulfonamides is 1. The molecule has 0 aliphatic rings. The number of nitrogen functional groups attached to an aromatic ring is 1. The lowest BCUT2D eigenvalue weighted by molar-refractivity contribution is 0.101. The van der Waals surface area contributed by atoms with Gasteiger partial charge in [0, 0.05) is 17.3 Å². The molecule has 0 atom stereocenters. The van der Waals surface area contributed by atoms with Gasteiger partial charge in [0.2, 0.25) is 10.0 Å². The van der Waals surface area contributed by atoms with E-state index in [-0.39, 0.29) is 16.4 Å². The van der Waals surface area contributed by atoms with Gasteiger partial charge in [-0.25, -0.2) is 18.2 Å². The minimum absolute atomic E-state index is 0.0284. The molecule has 0 aliphatic carbocycles. The number of nitrogens with two attached hydrogens (primary N) is 2. The topological polar surface area (TPSA) is 142 Å². The first-order valence-electron chi connectivity index (χ1n) is 9.80. The standard InChI is InChI=1S/C23H21N5O4S/c1-32-18-12-10-17(11-13-18)28-20(14-22(24)27-28)23(29)26-16-8-6-15(7-9-16)19-4-2-3-5-21(19)33(25,30)31/h2-14H,1H3,(H2,24,27)(H,26,29)(H2,25,30,31). The number of nitrogens with zero attached hydrogens (tertiary/aromatic N) is 2. The lowest BCUT2D eigenvalue weighted by atomic mass is 10.1. The van der Waals surface area contributed by atoms with Crippen LogP contribution < -0.4 is 20.9 Å². The maximum Gasteiger partial charge on any atom is 0.274 e. The molecule has 10 heteroatoms. The number of methoxy groups -OCH3 is 1. The quantitative estimate of drug-likeness (QED) is 0.401. The summed E-state index contributed by atoms with van der Waals surface area (Å²) >= 11 is 0. The number of rotatable bonds is 6. The van der Waals surface area contributed by atoms with Gasteiger partial charge in [0.05, 0.1) is 17.7 Å². The summed E-state index contributed by atoms with van der Waals surface area (Å²) in [6.07, 6.45) is 0. The number of nitrogens with one attached hydrogen (secondary N) is 1. The van der Waals surface area contributed by atoms with Crippen molar-refractivity contribution in [3.05, 3.63) is 84.6 Å². The fourth-order valence-electron chi connectivity index (χ4n) is 3.36. The third kappa shape index (κ3) is 4.71.